The molecule has 2 rings (SSSR count). The Hall–Kier alpha value is -1.81. The Labute approximate surface area is 136 Å². The molecular formula is C17H22ClN3O. The molecule has 2 aromatic rings. The third kappa shape index (κ3) is 3.69. The molecule has 1 N–H and O–H groups in total. The number of rotatable bonds is 5. The highest BCUT2D eigenvalue weighted by atomic mass is 35.5. The molecule has 0 spiro atoms. The van der Waals surface area contributed by atoms with Gasteiger partial charge in [-0.3, -0.25) is 9.48 Å². The fraction of sp³-hybridized carbons (Fsp3) is 0.412. The lowest BCUT2D eigenvalue weighted by Gasteiger charge is -2.20. The topological polar surface area (TPSA) is 46.9 Å². The van der Waals surface area contributed by atoms with E-state index in [1.807, 2.05) is 13.8 Å². The van der Waals surface area contributed by atoms with Gasteiger partial charge in [-0.15, -0.1) is 0 Å². The molecule has 5 heteroatoms. The van der Waals surface area contributed by atoms with Gasteiger partial charge in [0.15, 0.2) is 0 Å². The first-order valence-corrected chi connectivity index (χ1v) is 7.88. The van der Waals surface area contributed by atoms with E-state index in [-0.39, 0.29) is 11.9 Å². The zero-order valence-electron chi connectivity index (χ0n) is 13.4. The number of nitrogens with zero attached hydrogens (tertiary/aromatic N) is 2. The molecular weight excluding hydrogens is 298 g/mol. The Balaban J connectivity index is 2.10. The number of hydrogen-bond acceptors (Lipinski definition) is 2. The lowest BCUT2D eigenvalue weighted by atomic mass is 10.0. The molecule has 0 saturated carbocycles. The third-order valence-corrected chi connectivity index (χ3v) is 4.21. The minimum Gasteiger partial charge on any atom is -0.347 e. The van der Waals surface area contributed by atoms with E-state index >= 15 is 0 Å². The Kier molecular flexibility index (Phi) is 5.24. The van der Waals surface area contributed by atoms with Crippen LogP contribution in [0.15, 0.2) is 30.5 Å². The van der Waals surface area contributed by atoms with E-state index in [9.17, 15) is 4.79 Å². The van der Waals surface area contributed by atoms with Gasteiger partial charge in [0, 0.05) is 6.20 Å². The van der Waals surface area contributed by atoms with Crippen LogP contribution < -0.4 is 5.32 Å². The van der Waals surface area contributed by atoms with Crippen molar-refractivity contribution in [3.63, 3.8) is 0 Å². The van der Waals surface area contributed by atoms with Crippen molar-refractivity contribution >= 4 is 17.5 Å². The maximum atomic E-state index is 12.5. The second-order valence-corrected chi connectivity index (χ2v) is 6.01. The predicted molar refractivity (Wildman–Crippen MR) is 89.0 cm³/mol. The Morgan fingerprint density at radius 1 is 1.32 bits per heavy atom. The van der Waals surface area contributed by atoms with Gasteiger partial charge in [0.2, 0.25) is 5.91 Å². The fourth-order valence-electron chi connectivity index (χ4n) is 2.29. The minimum absolute atomic E-state index is 0.00248. The Morgan fingerprint density at radius 3 is 2.45 bits per heavy atom. The van der Waals surface area contributed by atoms with Crippen LogP contribution >= 0.6 is 11.6 Å². The van der Waals surface area contributed by atoms with Crippen molar-refractivity contribution in [1.29, 1.82) is 0 Å². The van der Waals surface area contributed by atoms with E-state index in [0.29, 0.717) is 5.02 Å². The summed E-state index contributed by atoms with van der Waals surface area (Å²) < 4.78 is 1.61. The standard InChI is InChI=1S/C17H22ClN3O/c1-5-16(14-8-6-11(2)7-9-14)19-17(22)13(4)21-10-15(18)12(3)20-21/h6-10,13,16H,5H2,1-4H3,(H,19,22). The summed E-state index contributed by atoms with van der Waals surface area (Å²) >= 11 is 6.01. The van der Waals surface area contributed by atoms with Crippen molar-refractivity contribution in [2.45, 2.75) is 46.2 Å². The Bertz CT molecular complexity index is 629. The van der Waals surface area contributed by atoms with Crippen LogP contribution in [0.2, 0.25) is 5.02 Å². The molecule has 0 fully saturated rings. The highest BCUT2D eigenvalue weighted by Crippen LogP contribution is 2.20. The summed E-state index contributed by atoms with van der Waals surface area (Å²) in [6.45, 7) is 7.75. The van der Waals surface area contributed by atoms with Gasteiger partial charge in [0.25, 0.3) is 0 Å². The average Bonchev–Trinajstić information content (AvgIpc) is 2.84. The Morgan fingerprint density at radius 2 is 1.95 bits per heavy atom. The largest absolute Gasteiger partial charge is 0.347 e. The molecule has 0 saturated heterocycles. The molecule has 1 heterocycles. The van der Waals surface area contributed by atoms with Crippen molar-refractivity contribution in [2.75, 3.05) is 0 Å². The first-order valence-electron chi connectivity index (χ1n) is 7.50. The van der Waals surface area contributed by atoms with Gasteiger partial charge >= 0.3 is 0 Å². The maximum Gasteiger partial charge on any atom is 0.245 e. The van der Waals surface area contributed by atoms with Crippen molar-refractivity contribution in [2.24, 2.45) is 0 Å². The molecule has 0 aliphatic heterocycles. The molecule has 0 bridgehead atoms. The van der Waals surface area contributed by atoms with Gasteiger partial charge in [-0.25, -0.2) is 0 Å². The van der Waals surface area contributed by atoms with E-state index in [0.717, 1.165) is 17.7 Å². The summed E-state index contributed by atoms with van der Waals surface area (Å²) in [6, 6.07) is 7.84. The van der Waals surface area contributed by atoms with Crippen LogP contribution in [0.5, 0.6) is 0 Å². The number of halogens is 1. The lowest BCUT2D eigenvalue weighted by molar-refractivity contribution is -0.124. The fourth-order valence-corrected chi connectivity index (χ4v) is 2.43. The van der Waals surface area contributed by atoms with Crippen LogP contribution in [0, 0.1) is 13.8 Å². The predicted octanol–water partition coefficient (Wildman–Crippen LogP) is 3.98. The maximum absolute atomic E-state index is 12.5. The molecule has 118 valence electrons. The van der Waals surface area contributed by atoms with Crippen LogP contribution in [-0.4, -0.2) is 15.7 Å². The number of carbonyl (C=O) groups excluding carboxylic acids is 1. The smallest absolute Gasteiger partial charge is 0.245 e. The first kappa shape index (κ1) is 16.6. The number of nitrogens with one attached hydrogen (secondary N) is 1. The summed E-state index contributed by atoms with van der Waals surface area (Å²) in [5.74, 6) is -0.0633. The summed E-state index contributed by atoms with van der Waals surface area (Å²) in [6.07, 6.45) is 2.52. The number of carbonyl (C=O) groups is 1. The average molecular weight is 320 g/mol. The highest BCUT2D eigenvalue weighted by molar-refractivity contribution is 6.31. The minimum atomic E-state index is -0.398. The van der Waals surface area contributed by atoms with E-state index in [1.54, 1.807) is 10.9 Å². The second kappa shape index (κ2) is 6.97. The molecule has 0 aliphatic carbocycles. The monoisotopic (exact) mass is 319 g/mol. The zero-order valence-corrected chi connectivity index (χ0v) is 14.2. The van der Waals surface area contributed by atoms with Crippen LogP contribution in [0.25, 0.3) is 0 Å². The molecule has 0 radical (unpaired) electrons. The lowest BCUT2D eigenvalue weighted by Crippen LogP contribution is -2.34. The van der Waals surface area contributed by atoms with Crippen molar-refractivity contribution in [3.05, 3.63) is 52.3 Å². The van der Waals surface area contributed by atoms with E-state index in [2.05, 4.69) is 48.5 Å². The summed E-state index contributed by atoms with van der Waals surface area (Å²) in [5.41, 5.74) is 3.05. The number of benzene rings is 1. The van der Waals surface area contributed by atoms with Crippen molar-refractivity contribution < 1.29 is 4.79 Å². The molecule has 0 aliphatic rings. The third-order valence-electron chi connectivity index (χ3n) is 3.84. The zero-order chi connectivity index (χ0) is 16.3. The quantitative estimate of drug-likeness (QED) is 0.906. The van der Waals surface area contributed by atoms with Crippen LogP contribution in [-0.2, 0) is 4.79 Å². The van der Waals surface area contributed by atoms with Gasteiger partial charge in [-0.1, -0.05) is 48.4 Å². The van der Waals surface area contributed by atoms with E-state index in [4.69, 9.17) is 11.6 Å². The molecule has 4 nitrogen and oxygen atoms in total. The van der Waals surface area contributed by atoms with E-state index < -0.39 is 6.04 Å². The molecule has 1 aromatic carbocycles. The van der Waals surface area contributed by atoms with Crippen molar-refractivity contribution in [1.82, 2.24) is 15.1 Å². The van der Waals surface area contributed by atoms with Crippen LogP contribution in [0.4, 0.5) is 0 Å². The molecule has 1 amide bonds. The van der Waals surface area contributed by atoms with Crippen LogP contribution in [0.1, 0.15) is 49.2 Å². The summed E-state index contributed by atoms with van der Waals surface area (Å²) in [4.78, 5) is 12.5. The van der Waals surface area contributed by atoms with E-state index in [1.165, 1.54) is 5.56 Å². The SMILES string of the molecule is CCC(NC(=O)C(C)n1cc(Cl)c(C)n1)c1ccc(C)cc1. The molecule has 22 heavy (non-hydrogen) atoms. The summed E-state index contributed by atoms with van der Waals surface area (Å²) in [7, 11) is 0. The molecule has 2 atom stereocenters. The van der Waals surface area contributed by atoms with Crippen LogP contribution in [0.3, 0.4) is 0 Å². The van der Waals surface area contributed by atoms with Gasteiger partial charge < -0.3 is 5.32 Å². The number of amides is 1. The van der Waals surface area contributed by atoms with Gasteiger partial charge in [0.05, 0.1) is 16.8 Å². The van der Waals surface area contributed by atoms with Gasteiger partial charge in [-0.05, 0) is 32.8 Å². The van der Waals surface area contributed by atoms with Gasteiger partial charge in [0.1, 0.15) is 6.04 Å². The van der Waals surface area contributed by atoms with Gasteiger partial charge in [-0.2, -0.15) is 5.10 Å². The molecule has 1 aromatic heterocycles. The second-order valence-electron chi connectivity index (χ2n) is 5.60. The number of aryl methyl sites for hydroxylation is 2. The first-order chi connectivity index (χ1) is 10.4. The summed E-state index contributed by atoms with van der Waals surface area (Å²) in [5, 5.41) is 7.93. The van der Waals surface area contributed by atoms with Crippen molar-refractivity contribution in [3.8, 4) is 0 Å². The molecule has 2 unspecified atom stereocenters. The normalized spacial score (nSPS) is 13.7. The highest BCUT2D eigenvalue weighted by Gasteiger charge is 2.20. The number of aromatic nitrogens is 2. The number of hydrogen-bond donors (Lipinski definition) is 1.